The number of nitrogens with zero attached hydrogens (tertiary/aromatic N) is 3. The number of oxazole rings is 1. The highest BCUT2D eigenvalue weighted by Crippen LogP contribution is 2.29. The van der Waals surface area contributed by atoms with Crippen molar-refractivity contribution in [2.75, 3.05) is 32.8 Å². The number of likely N-dealkylation sites (tertiary alicyclic amines) is 1. The molecule has 0 radical (unpaired) electrons. The van der Waals surface area contributed by atoms with Crippen molar-refractivity contribution in [2.45, 2.75) is 70.4 Å². The van der Waals surface area contributed by atoms with Crippen LogP contribution in [-0.2, 0) is 4.74 Å². The number of hydrogen-bond acceptors (Lipinski definition) is 5. The number of rotatable bonds is 6. The van der Waals surface area contributed by atoms with Crippen LogP contribution in [0.25, 0.3) is 0 Å². The van der Waals surface area contributed by atoms with Gasteiger partial charge in [-0.25, -0.2) is 4.98 Å². The molecule has 0 N–H and O–H groups in total. The standard InChI is InChI=1S/C21H33N3O3/c1-16-20(27-15-22-16)21(25)24(14-19-7-4-12-26-19)13-17-8-10-23(11-9-17)18-5-2-3-6-18/h15,17-19H,2-14H2,1H3. The van der Waals surface area contributed by atoms with Gasteiger partial charge in [-0.15, -0.1) is 0 Å². The minimum Gasteiger partial charge on any atom is -0.438 e. The lowest BCUT2D eigenvalue weighted by molar-refractivity contribution is 0.0407. The molecular weight excluding hydrogens is 342 g/mol. The molecule has 3 heterocycles. The lowest BCUT2D eigenvalue weighted by Gasteiger charge is -2.38. The van der Waals surface area contributed by atoms with Crippen molar-refractivity contribution in [1.29, 1.82) is 0 Å². The van der Waals surface area contributed by atoms with Crippen LogP contribution in [0.2, 0.25) is 0 Å². The van der Waals surface area contributed by atoms with Crippen LogP contribution in [0, 0.1) is 12.8 Å². The molecule has 2 saturated heterocycles. The Bertz CT molecular complexity index is 612. The Morgan fingerprint density at radius 1 is 1.15 bits per heavy atom. The number of carbonyl (C=O) groups excluding carboxylic acids is 1. The van der Waals surface area contributed by atoms with Gasteiger partial charge >= 0.3 is 0 Å². The van der Waals surface area contributed by atoms with E-state index in [9.17, 15) is 4.79 Å². The fraction of sp³-hybridized carbons (Fsp3) is 0.810. The van der Waals surface area contributed by atoms with Crippen LogP contribution in [0.3, 0.4) is 0 Å². The van der Waals surface area contributed by atoms with Gasteiger partial charge < -0.3 is 19.0 Å². The molecule has 3 aliphatic rings. The highest BCUT2D eigenvalue weighted by molar-refractivity contribution is 5.92. The first-order chi connectivity index (χ1) is 13.2. The Kier molecular flexibility index (Phi) is 6.13. The quantitative estimate of drug-likeness (QED) is 0.764. The summed E-state index contributed by atoms with van der Waals surface area (Å²) in [6.45, 7) is 6.48. The summed E-state index contributed by atoms with van der Waals surface area (Å²) >= 11 is 0. The zero-order valence-corrected chi connectivity index (χ0v) is 16.6. The second-order valence-corrected chi connectivity index (χ2v) is 8.53. The third-order valence-corrected chi connectivity index (χ3v) is 6.64. The zero-order chi connectivity index (χ0) is 18.6. The fourth-order valence-electron chi connectivity index (χ4n) is 5.01. The van der Waals surface area contributed by atoms with E-state index in [1.54, 1.807) is 0 Å². The molecule has 0 bridgehead atoms. The third-order valence-electron chi connectivity index (χ3n) is 6.64. The van der Waals surface area contributed by atoms with Gasteiger partial charge in [-0.2, -0.15) is 0 Å². The van der Waals surface area contributed by atoms with Crippen molar-refractivity contribution in [3.8, 4) is 0 Å². The Morgan fingerprint density at radius 3 is 2.56 bits per heavy atom. The van der Waals surface area contributed by atoms with E-state index in [-0.39, 0.29) is 12.0 Å². The van der Waals surface area contributed by atoms with E-state index in [0.717, 1.165) is 32.0 Å². The van der Waals surface area contributed by atoms with Crippen LogP contribution >= 0.6 is 0 Å². The smallest absolute Gasteiger partial charge is 0.291 e. The maximum atomic E-state index is 13.1. The number of hydrogen-bond donors (Lipinski definition) is 0. The van der Waals surface area contributed by atoms with Crippen LogP contribution < -0.4 is 0 Å². The summed E-state index contributed by atoms with van der Waals surface area (Å²) in [5, 5.41) is 0. The van der Waals surface area contributed by atoms with E-state index >= 15 is 0 Å². The van der Waals surface area contributed by atoms with E-state index in [2.05, 4.69) is 9.88 Å². The second kappa shape index (κ2) is 8.74. The summed E-state index contributed by atoms with van der Waals surface area (Å²) in [6.07, 6.45) is 11.6. The van der Waals surface area contributed by atoms with Gasteiger partial charge in [-0.05, 0) is 64.5 Å². The van der Waals surface area contributed by atoms with E-state index in [4.69, 9.17) is 9.15 Å². The maximum absolute atomic E-state index is 13.1. The number of piperidine rings is 1. The molecule has 6 heteroatoms. The molecule has 6 nitrogen and oxygen atoms in total. The molecule has 150 valence electrons. The molecule has 4 rings (SSSR count). The predicted molar refractivity (Wildman–Crippen MR) is 103 cm³/mol. The first kappa shape index (κ1) is 18.9. The maximum Gasteiger partial charge on any atom is 0.291 e. The summed E-state index contributed by atoms with van der Waals surface area (Å²) in [4.78, 5) is 21.9. The summed E-state index contributed by atoms with van der Waals surface area (Å²) in [6, 6.07) is 0.812. The van der Waals surface area contributed by atoms with Crippen molar-refractivity contribution in [2.24, 2.45) is 5.92 Å². The predicted octanol–water partition coefficient (Wildman–Crippen LogP) is 3.26. The molecule has 1 aromatic rings. The van der Waals surface area contributed by atoms with Crippen molar-refractivity contribution in [1.82, 2.24) is 14.8 Å². The van der Waals surface area contributed by atoms with Crippen molar-refractivity contribution >= 4 is 5.91 Å². The SMILES string of the molecule is Cc1ncoc1C(=O)N(CC1CCN(C2CCCC2)CC1)CC1CCCO1. The Labute approximate surface area is 162 Å². The van der Waals surface area contributed by atoms with Crippen molar-refractivity contribution in [3.05, 3.63) is 17.8 Å². The molecule has 1 amide bonds. The van der Waals surface area contributed by atoms with E-state index < -0.39 is 0 Å². The molecular formula is C21H33N3O3. The molecule has 0 aromatic carbocycles. The Hall–Kier alpha value is -1.40. The molecule has 1 saturated carbocycles. The van der Waals surface area contributed by atoms with Crippen LogP contribution in [0.4, 0.5) is 0 Å². The summed E-state index contributed by atoms with van der Waals surface area (Å²) in [5.41, 5.74) is 0.674. The van der Waals surface area contributed by atoms with Crippen molar-refractivity contribution < 1.29 is 13.9 Å². The Morgan fingerprint density at radius 2 is 1.93 bits per heavy atom. The number of aromatic nitrogens is 1. The van der Waals surface area contributed by atoms with E-state index in [1.807, 2.05) is 11.8 Å². The number of carbonyl (C=O) groups is 1. The van der Waals surface area contributed by atoms with E-state index in [1.165, 1.54) is 58.0 Å². The monoisotopic (exact) mass is 375 g/mol. The molecule has 1 aliphatic carbocycles. The minimum absolute atomic E-state index is 0.0290. The van der Waals surface area contributed by atoms with Gasteiger partial charge in [0.05, 0.1) is 11.8 Å². The first-order valence-corrected chi connectivity index (χ1v) is 10.8. The fourth-order valence-corrected chi connectivity index (χ4v) is 5.01. The van der Waals surface area contributed by atoms with E-state index in [0.29, 0.717) is 23.9 Å². The van der Waals surface area contributed by atoms with Gasteiger partial charge in [0.1, 0.15) is 0 Å². The highest BCUT2D eigenvalue weighted by atomic mass is 16.5. The molecule has 1 aromatic heterocycles. The molecule has 27 heavy (non-hydrogen) atoms. The van der Waals surface area contributed by atoms with Gasteiger partial charge in [0.2, 0.25) is 5.76 Å². The number of aryl methyl sites for hydroxylation is 1. The molecule has 1 unspecified atom stereocenters. The third kappa shape index (κ3) is 4.54. The Balaban J connectivity index is 1.37. The van der Waals surface area contributed by atoms with Gasteiger partial charge in [0, 0.05) is 25.7 Å². The molecule has 2 aliphatic heterocycles. The van der Waals surface area contributed by atoms with Gasteiger partial charge in [-0.1, -0.05) is 12.8 Å². The highest BCUT2D eigenvalue weighted by Gasteiger charge is 2.31. The van der Waals surface area contributed by atoms with Gasteiger partial charge in [0.25, 0.3) is 5.91 Å². The van der Waals surface area contributed by atoms with Crippen LogP contribution in [-0.4, -0.2) is 65.6 Å². The molecule has 3 fully saturated rings. The van der Waals surface area contributed by atoms with Crippen LogP contribution in [0.15, 0.2) is 10.8 Å². The van der Waals surface area contributed by atoms with Crippen LogP contribution in [0.1, 0.15) is 67.6 Å². The van der Waals surface area contributed by atoms with Gasteiger partial charge in [-0.3, -0.25) is 4.79 Å². The topological polar surface area (TPSA) is 58.8 Å². The summed E-state index contributed by atoms with van der Waals surface area (Å²) < 4.78 is 11.2. The average molecular weight is 376 g/mol. The summed E-state index contributed by atoms with van der Waals surface area (Å²) in [5.74, 6) is 0.923. The lowest BCUT2D eigenvalue weighted by Crippen LogP contribution is -2.45. The molecule has 0 spiro atoms. The largest absolute Gasteiger partial charge is 0.438 e. The average Bonchev–Trinajstić information content (AvgIpc) is 3.44. The minimum atomic E-state index is -0.0290. The molecule has 1 atom stereocenters. The summed E-state index contributed by atoms with van der Waals surface area (Å²) in [7, 11) is 0. The second-order valence-electron chi connectivity index (χ2n) is 8.53. The number of amides is 1. The van der Waals surface area contributed by atoms with Gasteiger partial charge in [0.15, 0.2) is 6.39 Å². The number of ether oxygens (including phenoxy) is 1. The first-order valence-electron chi connectivity index (χ1n) is 10.8. The van der Waals surface area contributed by atoms with Crippen LogP contribution in [0.5, 0.6) is 0 Å². The lowest BCUT2D eigenvalue weighted by atomic mass is 9.94. The zero-order valence-electron chi connectivity index (χ0n) is 16.6. The van der Waals surface area contributed by atoms with Crippen molar-refractivity contribution in [3.63, 3.8) is 0 Å². The normalized spacial score (nSPS) is 25.3.